The minimum Gasteiger partial charge on any atom is -0.330 e. The lowest BCUT2D eigenvalue weighted by molar-refractivity contribution is -0.115. The monoisotopic (exact) mass is 292 g/mol. The molecule has 3 rings (SSSR count). The van der Waals surface area contributed by atoms with Gasteiger partial charge in [-0.05, 0) is 36.4 Å². The van der Waals surface area contributed by atoms with Crippen LogP contribution in [-0.4, -0.2) is 12.5 Å². The van der Waals surface area contributed by atoms with Crippen molar-refractivity contribution in [2.75, 3.05) is 16.8 Å². The van der Waals surface area contributed by atoms with Crippen LogP contribution in [0.5, 0.6) is 0 Å². The summed E-state index contributed by atoms with van der Waals surface area (Å²) in [6.45, 7) is 0.244. The molecular weight excluding hydrogens is 283 g/mol. The van der Waals surface area contributed by atoms with Crippen molar-refractivity contribution in [3.8, 4) is 0 Å². The molecule has 0 fully saturated rings. The maximum Gasteiger partial charge on any atom is 0.244 e. The molecule has 5 heteroatoms. The van der Waals surface area contributed by atoms with Gasteiger partial charge in [-0.2, -0.15) is 0 Å². The van der Waals surface area contributed by atoms with Crippen molar-refractivity contribution in [2.45, 2.75) is 0 Å². The van der Waals surface area contributed by atoms with Crippen LogP contribution in [0.2, 0.25) is 10.0 Å². The van der Waals surface area contributed by atoms with Crippen molar-refractivity contribution in [1.82, 2.24) is 0 Å². The van der Waals surface area contributed by atoms with Crippen LogP contribution in [0.4, 0.5) is 17.1 Å². The lowest BCUT2D eigenvalue weighted by atomic mass is 10.1. The molecule has 1 heterocycles. The Morgan fingerprint density at radius 2 is 1.84 bits per heavy atom. The second kappa shape index (κ2) is 4.76. The summed E-state index contributed by atoms with van der Waals surface area (Å²) >= 11 is 12.0. The van der Waals surface area contributed by atoms with E-state index in [0.717, 1.165) is 17.1 Å². The molecule has 2 aromatic rings. The zero-order chi connectivity index (χ0) is 13.4. The van der Waals surface area contributed by atoms with E-state index in [-0.39, 0.29) is 12.5 Å². The quantitative estimate of drug-likeness (QED) is 0.859. The molecule has 3 nitrogen and oxygen atoms in total. The Morgan fingerprint density at radius 1 is 1.05 bits per heavy atom. The maximum absolute atomic E-state index is 11.8. The molecule has 0 spiro atoms. The van der Waals surface area contributed by atoms with Crippen LogP contribution >= 0.6 is 23.2 Å². The van der Waals surface area contributed by atoms with Gasteiger partial charge >= 0.3 is 0 Å². The van der Waals surface area contributed by atoms with Crippen molar-refractivity contribution in [3.05, 3.63) is 52.5 Å². The molecule has 0 unspecified atom stereocenters. The maximum atomic E-state index is 11.8. The van der Waals surface area contributed by atoms with Gasteiger partial charge in [0, 0.05) is 15.7 Å². The number of nitrogens with zero attached hydrogens (tertiary/aromatic N) is 1. The van der Waals surface area contributed by atoms with Crippen molar-refractivity contribution in [2.24, 2.45) is 0 Å². The van der Waals surface area contributed by atoms with E-state index < -0.39 is 0 Å². The molecule has 0 aliphatic carbocycles. The van der Waals surface area contributed by atoms with Crippen molar-refractivity contribution in [1.29, 1.82) is 0 Å². The van der Waals surface area contributed by atoms with Gasteiger partial charge in [0.2, 0.25) is 5.91 Å². The van der Waals surface area contributed by atoms with Gasteiger partial charge in [-0.15, -0.1) is 0 Å². The number of anilines is 3. The molecule has 1 amide bonds. The third-order valence-electron chi connectivity index (χ3n) is 2.95. The first kappa shape index (κ1) is 12.3. The van der Waals surface area contributed by atoms with Gasteiger partial charge in [0.15, 0.2) is 0 Å². The fourth-order valence-corrected chi connectivity index (χ4v) is 2.48. The van der Waals surface area contributed by atoms with Crippen molar-refractivity contribution >= 4 is 46.2 Å². The van der Waals surface area contributed by atoms with Crippen molar-refractivity contribution in [3.63, 3.8) is 0 Å². The summed E-state index contributed by atoms with van der Waals surface area (Å²) in [7, 11) is 0. The normalized spacial score (nSPS) is 14.0. The smallest absolute Gasteiger partial charge is 0.244 e. The molecule has 0 saturated heterocycles. The Balaban J connectivity index is 2.12. The Hall–Kier alpha value is -1.71. The lowest BCUT2D eigenvalue weighted by Gasteiger charge is -2.31. The SMILES string of the molecule is O=C1CN(c2cccc(Cl)c2)c2cc(Cl)ccc2N1. The number of carbonyl (C=O) groups excluding carboxylic acids is 1. The van der Waals surface area contributed by atoms with Gasteiger partial charge in [-0.25, -0.2) is 0 Å². The van der Waals surface area contributed by atoms with Gasteiger partial charge in [0.25, 0.3) is 0 Å². The molecule has 1 N–H and O–H groups in total. The number of carbonyl (C=O) groups is 1. The molecular formula is C14H10Cl2N2O. The molecule has 19 heavy (non-hydrogen) atoms. The molecule has 0 saturated carbocycles. The molecule has 2 aromatic carbocycles. The molecule has 1 aliphatic rings. The second-order valence-electron chi connectivity index (χ2n) is 4.28. The number of fused-ring (bicyclic) bond motifs is 1. The van der Waals surface area contributed by atoms with Crippen LogP contribution < -0.4 is 10.2 Å². The van der Waals surface area contributed by atoms with E-state index in [1.54, 1.807) is 18.2 Å². The molecule has 0 radical (unpaired) electrons. The Bertz CT molecular complexity index is 658. The van der Waals surface area contributed by atoms with Gasteiger partial charge < -0.3 is 10.2 Å². The molecule has 0 atom stereocenters. The van der Waals surface area contributed by atoms with E-state index in [4.69, 9.17) is 23.2 Å². The predicted octanol–water partition coefficient (Wildman–Crippen LogP) is 4.08. The standard InChI is InChI=1S/C14H10Cl2N2O/c15-9-2-1-3-11(6-9)18-8-14(19)17-12-5-4-10(16)7-13(12)18/h1-7H,8H2,(H,17,19). The Labute approximate surface area is 120 Å². The van der Waals surface area contributed by atoms with E-state index in [1.807, 2.05) is 29.2 Å². The minimum atomic E-state index is -0.0604. The van der Waals surface area contributed by atoms with Crippen LogP contribution in [0.25, 0.3) is 0 Å². The van der Waals surface area contributed by atoms with Crippen molar-refractivity contribution < 1.29 is 4.79 Å². The van der Waals surface area contributed by atoms with Crippen LogP contribution in [0.15, 0.2) is 42.5 Å². The Kier molecular flexibility index (Phi) is 3.09. The summed E-state index contributed by atoms with van der Waals surface area (Å²) in [5, 5.41) is 4.09. The number of rotatable bonds is 1. The highest BCUT2D eigenvalue weighted by atomic mass is 35.5. The number of benzene rings is 2. The van der Waals surface area contributed by atoms with Gasteiger partial charge in [-0.1, -0.05) is 29.3 Å². The largest absolute Gasteiger partial charge is 0.330 e. The number of hydrogen-bond acceptors (Lipinski definition) is 2. The summed E-state index contributed by atoms with van der Waals surface area (Å²) in [5.74, 6) is -0.0604. The predicted molar refractivity (Wildman–Crippen MR) is 78.5 cm³/mol. The summed E-state index contributed by atoms with van der Waals surface area (Å²) < 4.78 is 0. The highest BCUT2D eigenvalue weighted by Crippen LogP contribution is 2.37. The number of halogens is 2. The first-order chi connectivity index (χ1) is 9.13. The van der Waals surface area contributed by atoms with Gasteiger partial charge in [0.1, 0.15) is 6.54 Å². The van der Waals surface area contributed by atoms with E-state index in [0.29, 0.717) is 10.0 Å². The summed E-state index contributed by atoms with van der Waals surface area (Å²) in [6.07, 6.45) is 0. The Morgan fingerprint density at radius 3 is 2.63 bits per heavy atom. The zero-order valence-corrected chi connectivity index (χ0v) is 11.4. The molecule has 0 bridgehead atoms. The lowest BCUT2D eigenvalue weighted by Crippen LogP contribution is -2.34. The van der Waals surface area contributed by atoms with Gasteiger partial charge in [-0.3, -0.25) is 4.79 Å². The second-order valence-corrected chi connectivity index (χ2v) is 5.15. The highest BCUT2D eigenvalue weighted by molar-refractivity contribution is 6.31. The number of amides is 1. The van der Waals surface area contributed by atoms with E-state index >= 15 is 0 Å². The number of nitrogens with one attached hydrogen (secondary N) is 1. The first-order valence-electron chi connectivity index (χ1n) is 5.76. The highest BCUT2D eigenvalue weighted by Gasteiger charge is 2.23. The van der Waals surface area contributed by atoms with E-state index in [1.165, 1.54) is 0 Å². The molecule has 1 aliphatic heterocycles. The van der Waals surface area contributed by atoms with Crippen LogP contribution in [0, 0.1) is 0 Å². The average molecular weight is 293 g/mol. The van der Waals surface area contributed by atoms with Crippen LogP contribution in [0.1, 0.15) is 0 Å². The fourth-order valence-electron chi connectivity index (χ4n) is 2.13. The number of hydrogen-bond donors (Lipinski definition) is 1. The zero-order valence-electron chi connectivity index (χ0n) is 9.86. The van der Waals surface area contributed by atoms with E-state index in [9.17, 15) is 4.79 Å². The third-order valence-corrected chi connectivity index (χ3v) is 3.42. The van der Waals surface area contributed by atoms with Crippen LogP contribution in [-0.2, 0) is 4.79 Å². The van der Waals surface area contributed by atoms with Crippen LogP contribution in [0.3, 0.4) is 0 Å². The third kappa shape index (κ3) is 2.39. The molecule has 0 aromatic heterocycles. The van der Waals surface area contributed by atoms with Gasteiger partial charge in [0.05, 0.1) is 11.4 Å². The minimum absolute atomic E-state index is 0.0604. The summed E-state index contributed by atoms with van der Waals surface area (Å²) in [5.41, 5.74) is 2.49. The summed E-state index contributed by atoms with van der Waals surface area (Å²) in [6, 6.07) is 12.8. The first-order valence-corrected chi connectivity index (χ1v) is 6.51. The topological polar surface area (TPSA) is 32.3 Å². The summed E-state index contributed by atoms with van der Waals surface area (Å²) in [4.78, 5) is 13.7. The average Bonchev–Trinajstić information content (AvgIpc) is 2.38. The fraction of sp³-hybridized carbons (Fsp3) is 0.0714. The molecule has 96 valence electrons. The van der Waals surface area contributed by atoms with E-state index in [2.05, 4.69) is 5.32 Å².